The predicted octanol–water partition coefficient (Wildman–Crippen LogP) is 2.63. The van der Waals surface area contributed by atoms with Crippen LogP contribution in [-0.2, 0) is 19.5 Å². The van der Waals surface area contributed by atoms with Crippen LogP contribution in [-0.4, -0.2) is 24.3 Å². The molecule has 0 aromatic carbocycles. The Balaban J connectivity index is 2.15. The number of hydrogen-bond acceptors (Lipinski definition) is 4. The van der Waals surface area contributed by atoms with Gasteiger partial charge in [0.1, 0.15) is 16.3 Å². The molecule has 7 heteroatoms. The van der Waals surface area contributed by atoms with Crippen molar-refractivity contribution in [1.29, 1.82) is 0 Å². The van der Waals surface area contributed by atoms with E-state index < -0.39 is 0 Å². The van der Waals surface area contributed by atoms with Crippen LogP contribution in [0.2, 0.25) is 0 Å². The van der Waals surface area contributed by atoms with Gasteiger partial charge in [-0.25, -0.2) is 9.97 Å². The number of thiazole rings is 1. The Labute approximate surface area is 119 Å². The first-order valence-electron chi connectivity index (χ1n) is 5.96. The largest absolute Gasteiger partial charge is 0.305 e. The molecule has 0 aliphatic carbocycles. The highest BCUT2D eigenvalue weighted by molar-refractivity contribution is 7.09. The zero-order valence-corrected chi connectivity index (χ0v) is 12.6. The molecule has 0 aliphatic heterocycles. The van der Waals surface area contributed by atoms with Gasteiger partial charge in [-0.15, -0.1) is 22.9 Å². The molecule has 0 spiro atoms. The molecular formula is C12H14ClN5S. The molecule has 3 rings (SSSR count). The van der Waals surface area contributed by atoms with Crippen LogP contribution in [0.4, 0.5) is 0 Å². The quantitative estimate of drug-likeness (QED) is 0.698. The third kappa shape index (κ3) is 2.04. The van der Waals surface area contributed by atoms with Gasteiger partial charge < -0.3 is 4.57 Å². The summed E-state index contributed by atoms with van der Waals surface area (Å²) < 4.78 is 3.95. The second-order valence-corrected chi connectivity index (χ2v) is 5.72. The van der Waals surface area contributed by atoms with Crippen LogP contribution in [0.1, 0.15) is 22.2 Å². The Kier molecular flexibility index (Phi) is 3.06. The highest BCUT2D eigenvalue weighted by atomic mass is 35.5. The molecule has 3 aromatic heterocycles. The second-order valence-electron chi connectivity index (χ2n) is 4.51. The van der Waals surface area contributed by atoms with Crippen molar-refractivity contribution in [1.82, 2.24) is 24.3 Å². The molecule has 0 bridgehead atoms. The molecule has 0 unspecified atom stereocenters. The van der Waals surface area contributed by atoms with Crippen molar-refractivity contribution in [2.24, 2.45) is 7.05 Å². The van der Waals surface area contributed by atoms with Crippen molar-refractivity contribution in [3.8, 4) is 0 Å². The van der Waals surface area contributed by atoms with Gasteiger partial charge in [-0.3, -0.25) is 4.68 Å². The summed E-state index contributed by atoms with van der Waals surface area (Å²) in [6.45, 7) is 4.65. The van der Waals surface area contributed by atoms with Gasteiger partial charge in [-0.05, 0) is 13.8 Å². The van der Waals surface area contributed by atoms with Crippen molar-refractivity contribution >= 4 is 34.1 Å². The molecule has 0 saturated heterocycles. The van der Waals surface area contributed by atoms with Crippen LogP contribution in [0.3, 0.4) is 0 Å². The second kappa shape index (κ2) is 4.61. The Bertz CT molecular complexity index is 739. The number of fused-ring (bicyclic) bond motifs is 1. The van der Waals surface area contributed by atoms with E-state index in [0.29, 0.717) is 12.4 Å². The van der Waals surface area contributed by atoms with Gasteiger partial charge >= 0.3 is 0 Å². The van der Waals surface area contributed by atoms with Crippen molar-refractivity contribution in [3.63, 3.8) is 0 Å². The lowest BCUT2D eigenvalue weighted by Gasteiger charge is -2.05. The number of nitrogens with zero attached hydrogens (tertiary/aromatic N) is 5. The van der Waals surface area contributed by atoms with E-state index in [1.54, 1.807) is 11.3 Å². The first-order chi connectivity index (χ1) is 9.10. The summed E-state index contributed by atoms with van der Waals surface area (Å²) >= 11 is 7.66. The van der Waals surface area contributed by atoms with Gasteiger partial charge in [0.25, 0.3) is 0 Å². The third-order valence-corrected chi connectivity index (χ3v) is 4.24. The Morgan fingerprint density at radius 2 is 2.11 bits per heavy atom. The first kappa shape index (κ1) is 12.6. The molecule has 0 amide bonds. The molecule has 3 aromatic rings. The van der Waals surface area contributed by atoms with Crippen LogP contribution in [0.25, 0.3) is 11.2 Å². The standard InChI is InChI=1S/C12H14ClN5S/c1-7-6-19-10(14-7)5-18-9(4-13)15-11-8(2)16-17(3)12(11)18/h6H,4-5H2,1-3H3. The fourth-order valence-electron chi connectivity index (χ4n) is 2.26. The molecule has 0 radical (unpaired) electrons. The average Bonchev–Trinajstić information content (AvgIpc) is 3.00. The van der Waals surface area contributed by atoms with E-state index in [2.05, 4.69) is 25.0 Å². The number of halogens is 1. The maximum atomic E-state index is 6.01. The molecule has 0 fully saturated rings. The number of aromatic nitrogens is 5. The van der Waals surface area contributed by atoms with Crippen molar-refractivity contribution < 1.29 is 0 Å². The zero-order valence-electron chi connectivity index (χ0n) is 11.0. The fourth-order valence-corrected chi connectivity index (χ4v) is 3.22. The maximum Gasteiger partial charge on any atom is 0.159 e. The number of alkyl halides is 1. The Morgan fingerprint density at radius 1 is 1.32 bits per heavy atom. The predicted molar refractivity (Wildman–Crippen MR) is 76.7 cm³/mol. The van der Waals surface area contributed by atoms with E-state index in [1.165, 1.54) is 0 Å². The number of imidazole rings is 1. The minimum atomic E-state index is 0.387. The molecule has 0 N–H and O–H groups in total. The molecule has 0 saturated carbocycles. The zero-order chi connectivity index (χ0) is 13.6. The molecule has 3 heterocycles. The highest BCUT2D eigenvalue weighted by Crippen LogP contribution is 2.22. The number of aryl methyl sites for hydroxylation is 3. The van der Waals surface area contributed by atoms with E-state index in [4.69, 9.17) is 11.6 Å². The van der Waals surface area contributed by atoms with E-state index in [9.17, 15) is 0 Å². The van der Waals surface area contributed by atoms with E-state index in [-0.39, 0.29) is 0 Å². The molecule has 0 aliphatic rings. The Morgan fingerprint density at radius 3 is 2.74 bits per heavy atom. The topological polar surface area (TPSA) is 48.5 Å². The lowest BCUT2D eigenvalue weighted by atomic mass is 10.4. The van der Waals surface area contributed by atoms with E-state index in [0.717, 1.165) is 33.4 Å². The fraction of sp³-hybridized carbons (Fsp3) is 0.417. The lowest BCUT2D eigenvalue weighted by Crippen LogP contribution is -2.07. The first-order valence-corrected chi connectivity index (χ1v) is 7.37. The summed E-state index contributed by atoms with van der Waals surface area (Å²) in [5, 5.41) is 7.52. The molecule has 0 atom stereocenters. The normalized spacial score (nSPS) is 11.6. The van der Waals surface area contributed by atoms with Crippen molar-refractivity contribution in [2.45, 2.75) is 26.3 Å². The van der Waals surface area contributed by atoms with Gasteiger partial charge in [0.05, 0.1) is 18.1 Å². The molecule has 5 nitrogen and oxygen atoms in total. The van der Waals surface area contributed by atoms with Crippen LogP contribution in [0.5, 0.6) is 0 Å². The maximum absolute atomic E-state index is 6.01. The van der Waals surface area contributed by atoms with E-state index in [1.807, 2.05) is 25.6 Å². The SMILES string of the molecule is Cc1csc(Cn2c(CCl)nc3c(C)nn(C)c32)n1. The van der Waals surface area contributed by atoms with Gasteiger partial charge in [0.15, 0.2) is 5.65 Å². The molecular weight excluding hydrogens is 282 g/mol. The van der Waals surface area contributed by atoms with E-state index >= 15 is 0 Å². The summed E-state index contributed by atoms with van der Waals surface area (Å²) in [7, 11) is 1.93. The van der Waals surface area contributed by atoms with Gasteiger partial charge in [-0.2, -0.15) is 5.10 Å². The lowest BCUT2D eigenvalue weighted by molar-refractivity contribution is 0.700. The minimum Gasteiger partial charge on any atom is -0.305 e. The van der Waals surface area contributed by atoms with Gasteiger partial charge in [0.2, 0.25) is 0 Å². The smallest absolute Gasteiger partial charge is 0.159 e. The van der Waals surface area contributed by atoms with Gasteiger partial charge in [0, 0.05) is 18.1 Å². The monoisotopic (exact) mass is 295 g/mol. The van der Waals surface area contributed by atoms with Crippen LogP contribution >= 0.6 is 22.9 Å². The molecule has 19 heavy (non-hydrogen) atoms. The summed E-state index contributed by atoms with van der Waals surface area (Å²) in [6, 6.07) is 0. The Hall–Kier alpha value is -1.40. The summed E-state index contributed by atoms with van der Waals surface area (Å²) in [5.74, 6) is 1.25. The van der Waals surface area contributed by atoms with Gasteiger partial charge in [-0.1, -0.05) is 0 Å². The summed E-state index contributed by atoms with van der Waals surface area (Å²) in [4.78, 5) is 9.08. The third-order valence-electron chi connectivity index (χ3n) is 3.05. The average molecular weight is 296 g/mol. The van der Waals surface area contributed by atoms with Crippen LogP contribution in [0.15, 0.2) is 5.38 Å². The summed E-state index contributed by atoms with van der Waals surface area (Å²) in [6.07, 6.45) is 0. The highest BCUT2D eigenvalue weighted by Gasteiger charge is 2.17. The van der Waals surface area contributed by atoms with Crippen LogP contribution < -0.4 is 0 Å². The van der Waals surface area contributed by atoms with Crippen molar-refractivity contribution in [3.05, 3.63) is 27.6 Å². The molecule has 100 valence electrons. The number of hydrogen-bond donors (Lipinski definition) is 0. The summed E-state index contributed by atoms with van der Waals surface area (Å²) in [5.41, 5.74) is 3.90. The minimum absolute atomic E-state index is 0.387. The van der Waals surface area contributed by atoms with Crippen LogP contribution in [0, 0.1) is 13.8 Å². The van der Waals surface area contributed by atoms with Crippen molar-refractivity contribution in [2.75, 3.05) is 0 Å². The number of rotatable bonds is 3.